The van der Waals surface area contributed by atoms with Gasteiger partial charge in [0.25, 0.3) is 0 Å². The number of halogens is 1. The van der Waals surface area contributed by atoms with Crippen LogP contribution in [0, 0.1) is 0 Å². The predicted molar refractivity (Wildman–Crippen MR) is 58.8 cm³/mol. The first-order valence-electron chi connectivity index (χ1n) is 5.02. The molecule has 1 saturated carbocycles. The molecule has 1 aliphatic carbocycles. The summed E-state index contributed by atoms with van der Waals surface area (Å²) in [6.45, 7) is 0. The SMILES string of the molecule is Clc1ccccc1-c1n[nH]c(C2CC2)n1. The summed E-state index contributed by atoms with van der Waals surface area (Å²) in [5, 5.41) is 7.85. The van der Waals surface area contributed by atoms with Gasteiger partial charge < -0.3 is 0 Å². The molecule has 1 aliphatic rings. The number of H-pyrrole nitrogens is 1. The van der Waals surface area contributed by atoms with Crippen LogP contribution in [0.15, 0.2) is 24.3 Å². The molecule has 1 aromatic carbocycles. The van der Waals surface area contributed by atoms with Crippen LogP contribution in [-0.4, -0.2) is 15.2 Å². The average Bonchev–Trinajstić information content (AvgIpc) is 2.99. The summed E-state index contributed by atoms with van der Waals surface area (Å²) in [6.07, 6.45) is 2.44. The van der Waals surface area contributed by atoms with E-state index in [0.717, 1.165) is 11.4 Å². The molecule has 76 valence electrons. The molecule has 0 atom stereocenters. The van der Waals surface area contributed by atoms with E-state index in [1.165, 1.54) is 12.8 Å². The third-order valence-corrected chi connectivity index (χ3v) is 2.91. The van der Waals surface area contributed by atoms with Gasteiger partial charge >= 0.3 is 0 Å². The van der Waals surface area contributed by atoms with Crippen LogP contribution in [-0.2, 0) is 0 Å². The van der Waals surface area contributed by atoms with E-state index in [1.54, 1.807) is 0 Å². The van der Waals surface area contributed by atoms with Gasteiger partial charge in [-0.2, -0.15) is 5.10 Å². The second-order valence-electron chi connectivity index (χ2n) is 3.80. The second kappa shape index (κ2) is 3.35. The highest BCUT2D eigenvalue weighted by molar-refractivity contribution is 6.33. The Labute approximate surface area is 92.5 Å². The maximum Gasteiger partial charge on any atom is 0.182 e. The van der Waals surface area contributed by atoms with Gasteiger partial charge in [0.15, 0.2) is 5.82 Å². The molecule has 0 radical (unpaired) electrons. The molecule has 1 aromatic heterocycles. The molecule has 0 spiro atoms. The zero-order chi connectivity index (χ0) is 10.3. The molecule has 1 fully saturated rings. The summed E-state index contributed by atoms with van der Waals surface area (Å²) in [5.41, 5.74) is 0.891. The van der Waals surface area contributed by atoms with Gasteiger partial charge in [-0.25, -0.2) is 4.98 Å². The lowest BCUT2D eigenvalue weighted by atomic mass is 10.2. The predicted octanol–water partition coefficient (Wildman–Crippen LogP) is 3.00. The van der Waals surface area contributed by atoms with Crippen molar-refractivity contribution in [3.63, 3.8) is 0 Å². The van der Waals surface area contributed by atoms with Crippen molar-refractivity contribution < 1.29 is 0 Å². The Morgan fingerprint density at radius 2 is 2.07 bits per heavy atom. The van der Waals surface area contributed by atoms with Crippen molar-refractivity contribution in [3.8, 4) is 11.4 Å². The molecule has 1 N–H and O–H groups in total. The number of rotatable bonds is 2. The Morgan fingerprint density at radius 1 is 1.27 bits per heavy atom. The lowest BCUT2D eigenvalue weighted by Crippen LogP contribution is -1.83. The highest BCUT2D eigenvalue weighted by Gasteiger charge is 2.27. The summed E-state index contributed by atoms with van der Waals surface area (Å²) in [5.74, 6) is 2.28. The molecule has 2 aromatic rings. The number of hydrogen-bond donors (Lipinski definition) is 1. The third-order valence-electron chi connectivity index (χ3n) is 2.58. The van der Waals surface area contributed by atoms with Gasteiger partial charge in [0, 0.05) is 11.5 Å². The average molecular weight is 220 g/mol. The van der Waals surface area contributed by atoms with Crippen molar-refractivity contribution in [1.29, 1.82) is 0 Å². The number of hydrogen-bond acceptors (Lipinski definition) is 2. The fourth-order valence-corrected chi connectivity index (χ4v) is 1.80. The van der Waals surface area contributed by atoms with Gasteiger partial charge in [-0.15, -0.1) is 0 Å². The van der Waals surface area contributed by atoms with Crippen LogP contribution in [0.2, 0.25) is 5.02 Å². The van der Waals surface area contributed by atoms with Crippen LogP contribution in [0.5, 0.6) is 0 Å². The van der Waals surface area contributed by atoms with E-state index in [1.807, 2.05) is 24.3 Å². The summed E-state index contributed by atoms with van der Waals surface area (Å²) in [6, 6.07) is 7.63. The molecule has 0 aliphatic heterocycles. The molecule has 0 unspecified atom stereocenters. The maximum atomic E-state index is 6.07. The standard InChI is InChI=1S/C11H10ClN3/c12-9-4-2-1-3-8(9)11-13-10(14-15-11)7-5-6-7/h1-4,7H,5-6H2,(H,13,14,15). The fourth-order valence-electron chi connectivity index (χ4n) is 1.58. The van der Waals surface area contributed by atoms with Crippen LogP contribution >= 0.6 is 11.6 Å². The normalized spacial score (nSPS) is 15.5. The van der Waals surface area contributed by atoms with Gasteiger partial charge in [0.1, 0.15) is 5.82 Å². The first-order chi connectivity index (χ1) is 7.34. The molecule has 0 bridgehead atoms. The first-order valence-corrected chi connectivity index (χ1v) is 5.39. The second-order valence-corrected chi connectivity index (χ2v) is 4.21. The minimum atomic E-state index is 0.591. The van der Waals surface area contributed by atoms with E-state index in [2.05, 4.69) is 15.2 Å². The van der Waals surface area contributed by atoms with E-state index >= 15 is 0 Å². The van der Waals surface area contributed by atoms with Crippen molar-refractivity contribution in [2.75, 3.05) is 0 Å². The van der Waals surface area contributed by atoms with E-state index in [-0.39, 0.29) is 0 Å². The Balaban J connectivity index is 2.01. The Morgan fingerprint density at radius 3 is 2.80 bits per heavy atom. The topological polar surface area (TPSA) is 41.6 Å². The van der Waals surface area contributed by atoms with Crippen molar-refractivity contribution in [1.82, 2.24) is 15.2 Å². The van der Waals surface area contributed by atoms with Crippen LogP contribution in [0.3, 0.4) is 0 Å². The zero-order valence-corrected chi connectivity index (χ0v) is 8.83. The van der Waals surface area contributed by atoms with Crippen LogP contribution in [0.25, 0.3) is 11.4 Å². The lowest BCUT2D eigenvalue weighted by Gasteiger charge is -1.96. The lowest BCUT2D eigenvalue weighted by molar-refractivity contribution is 0.935. The first kappa shape index (κ1) is 8.92. The van der Waals surface area contributed by atoms with Crippen molar-refractivity contribution in [2.24, 2.45) is 0 Å². The molecule has 3 rings (SSSR count). The molecule has 1 heterocycles. The van der Waals surface area contributed by atoms with E-state index in [0.29, 0.717) is 16.8 Å². The summed E-state index contributed by atoms with van der Waals surface area (Å²) < 4.78 is 0. The van der Waals surface area contributed by atoms with Crippen LogP contribution in [0.1, 0.15) is 24.6 Å². The van der Waals surface area contributed by atoms with E-state index in [4.69, 9.17) is 11.6 Å². The van der Waals surface area contributed by atoms with Gasteiger partial charge in [-0.05, 0) is 25.0 Å². The minimum absolute atomic E-state index is 0.591. The van der Waals surface area contributed by atoms with E-state index in [9.17, 15) is 0 Å². The van der Waals surface area contributed by atoms with Crippen LogP contribution < -0.4 is 0 Å². The molecular weight excluding hydrogens is 210 g/mol. The van der Waals surface area contributed by atoms with Crippen molar-refractivity contribution >= 4 is 11.6 Å². The Kier molecular flexibility index (Phi) is 1.99. The number of nitrogens with one attached hydrogen (secondary N) is 1. The molecule has 4 heteroatoms. The maximum absolute atomic E-state index is 6.07. The van der Waals surface area contributed by atoms with Gasteiger partial charge in [0.05, 0.1) is 5.02 Å². The number of aromatic amines is 1. The molecule has 3 nitrogen and oxygen atoms in total. The van der Waals surface area contributed by atoms with Gasteiger partial charge in [-0.1, -0.05) is 23.7 Å². The largest absolute Gasteiger partial charge is 0.262 e. The molecule has 0 amide bonds. The van der Waals surface area contributed by atoms with Crippen molar-refractivity contribution in [3.05, 3.63) is 35.1 Å². The number of aromatic nitrogens is 3. The van der Waals surface area contributed by atoms with Gasteiger partial charge in [0.2, 0.25) is 0 Å². The van der Waals surface area contributed by atoms with Gasteiger partial charge in [-0.3, -0.25) is 5.10 Å². The minimum Gasteiger partial charge on any atom is -0.262 e. The van der Waals surface area contributed by atoms with Crippen molar-refractivity contribution in [2.45, 2.75) is 18.8 Å². The molecule has 15 heavy (non-hydrogen) atoms. The van der Waals surface area contributed by atoms with E-state index < -0.39 is 0 Å². The summed E-state index contributed by atoms with van der Waals surface area (Å²) in [4.78, 5) is 4.45. The number of nitrogens with zero attached hydrogens (tertiary/aromatic N) is 2. The fraction of sp³-hybridized carbons (Fsp3) is 0.273. The molecule has 0 saturated heterocycles. The number of benzene rings is 1. The quantitative estimate of drug-likeness (QED) is 0.844. The summed E-state index contributed by atoms with van der Waals surface area (Å²) >= 11 is 6.07. The molecular formula is C11H10ClN3. The summed E-state index contributed by atoms with van der Waals surface area (Å²) in [7, 11) is 0. The Hall–Kier alpha value is -1.35. The zero-order valence-electron chi connectivity index (χ0n) is 8.07. The smallest absolute Gasteiger partial charge is 0.182 e. The highest BCUT2D eigenvalue weighted by atomic mass is 35.5. The monoisotopic (exact) mass is 219 g/mol. The highest BCUT2D eigenvalue weighted by Crippen LogP contribution is 2.38. The van der Waals surface area contributed by atoms with Crippen LogP contribution in [0.4, 0.5) is 0 Å². The Bertz CT molecular complexity index is 488. The third kappa shape index (κ3) is 1.63.